The van der Waals surface area contributed by atoms with Crippen molar-refractivity contribution in [2.24, 2.45) is 0 Å². The molecule has 0 spiro atoms. The summed E-state index contributed by atoms with van der Waals surface area (Å²) in [5.74, 6) is -0.313. The van der Waals surface area contributed by atoms with Gasteiger partial charge in [0.15, 0.2) is 5.76 Å². The first-order chi connectivity index (χ1) is 10.1. The Morgan fingerprint density at radius 1 is 1.05 bits per heavy atom. The maximum absolute atomic E-state index is 12.9. The molecule has 0 aliphatic heterocycles. The van der Waals surface area contributed by atoms with Gasteiger partial charge in [0, 0.05) is 5.56 Å². The molecule has 3 aromatic rings. The molecule has 1 unspecified atom stereocenters. The van der Waals surface area contributed by atoms with Crippen LogP contribution in [-0.2, 0) is 0 Å². The summed E-state index contributed by atoms with van der Waals surface area (Å²) in [5.41, 5.74) is 1.69. The lowest BCUT2D eigenvalue weighted by atomic mass is 10.1. The van der Waals surface area contributed by atoms with Crippen LogP contribution in [0.1, 0.15) is 18.5 Å². The van der Waals surface area contributed by atoms with E-state index in [2.05, 4.69) is 0 Å². The van der Waals surface area contributed by atoms with Crippen LogP contribution in [0.15, 0.2) is 70.0 Å². The summed E-state index contributed by atoms with van der Waals surface area (Å²) < 4.78 is 19.7. The number of oxazole rings is 1. The monoisotopic (exact) mass is 283 g/mol. The molecule has 4 heteroatoms. The van der Waals surface area contributed by atoms with Crippen LogP contribution in [0.25, 0.3) is 11.3 Å². The summed E-state index contributed by atoms with van der Waals surface area (Å²) in [5, 5.41) is 0. The minimum absolute atomic E-state index is 0.128. The number of benzene rings is 2. The highest BCUT2D eigenvalue weighted by Crippen LogP contribution is 2.22. The number of hydrogen-bond acceptors (Lipinski definition) is 2. The van der Waals surface area contributed by atoms with Crippen molar-refractivity contribution in [3.8, 4) is 11.3 Å². The van der Waals surface area contributed by atoms with Crippen LogP contribution < -0.4 is 5.76 Å². The molecule has 0 saturated carbocycles. The fourth-order valence-electron chi connectivity index (χ4n) is 2.26. The van der Waals surface area contributed by atoms with E-state index in [4.69, 9.17) is 4.42 Å². The van der Waals surface area contributed by atoms with Crippen LogP contribution in [0.4, 0.5) is 4.39 Å². The Hall–Kier alpha value is -2.62. The zero-order valence-corrected chi connectivity index (χ0v) is 11.5. The van der Waals surface area contributed by atoms with Crippen LogP contribution in [-0.4, -0.2) is 4.57 Å². The number of hydrogen-bond donors (Lipinski definition) is 0. The molecule has 0 saturated heterocycles. The Bertz CT molecular complexity index is 788. The van der Waals surface area contributed by atoms with Gasteiger partial charge in [-0.25, -0.2) is 9.18 Å². The molecule has 1 heterocycles. The van der Waals surface area contributed by atoms with Gasteiger partial charge in [0.1, 0.15) is 5.82 Å². The second-order valence-corrected chi connectivity index (χ2v) is 4.86. The first-order valence-electron chi connectivity index (χ1n) is 6.68. The van der Waals surface area contributed by atoms with E-state index in [0.717, 1.165) is 5.56 Å². The number of nitrogens with zero attached hydrogens (tertiary/aromatic N) is 1. The van der Waals surface area contributed by atoms with Gasteiger partial charge in [0.25, 0.3) is 0 Å². The van der Waals surface area contributed by atoms with Gasteiger partial charge in [-0.1, -0.05) is 30.3 Å². The van der Waals surface area contributed by atoms with Crippen LogP contribution in [0.2, 0.25) is 0 Å². The van der Waals surface area contributed by atoms with E-state index in [1.165, 1.54) is 16.7 Å². The van der Waals surface area contributed by atoms with Gasteiger partial charge < -0.3 is 4.42 Å². The Balaban J connectivity index is 1.98. The second kappa shape index (κ2) is 5.40. The van der Waals surface area contributed by atoms with E-state index in [9.17, 15) is 9.18 Å². The number of aromatic nitrogens is 1. The topological polar surface area (TPSA) is 35.1 Å². The normalized spacial score (nSPS) is 12.3. The molecule has 106 valence electrons. The summed E-state index contributed by atoms with van der Waals surface area (Å²) in [7, 11) is 0. The number of halogens is 1. The zero-order valence-electron chi connectivity index (χ0n) is 11.5. The summed E-state index contributed by atoms with van der Waals surface area (Å²) in [6.07, 6.45) is 1.66. The predicted molar refractivity (Wildman–Crippen MR) is 78.6 cm³/mol. The quantitative estimate of drug-likeness (QED) is 0.731. The molecule has 0 N–H and O–H groups in total. The van der Waals surface area contributed by atoms with Crippen LogP contribution in [0, 0.1) is 5.82 Å². The number of rotatable bonds is 3. The first kappa shape index (κ1) is 13.4. The van der Waals surface area contributed by atoms with E-state index in [1.54, 1.807) is 18.3 Å². The van der Waals surface area contributed by atoms with Gasteiger partial charge in [0.05, 0.1) is 12.2 Å². The lowest BCUT2D eigenvalue weighted by Gasteiger charge is -2.11. The Morgan fingerprint density at radius 3 is 2.38 bits per heavy atom. The highest BCUT2D eigenvalue weighted by molar-refractivity contribution is 5.55. The van der Waals surface area contributed by atoms with E-state index < -0.39 is 5.76 Å². The van der Waals surface area contributed by atoms with E-state index in [0.29, 0.717) is 11.3 Å². The molecule has 0 fully saturated rings. The second-order valence-electron chi connectivity index (χ2n) is 4.86. The molecule has 0 aliphatic carbocycles. The van der Waals surface area contributed by atoms with Crippen molar-refractivity contribution >= 4 is 0 Å². The van der Waals surface area contributed by atoms with E-state index in [1.807, 2.05) is 37.3 Å². The summed E-state index contributed by atoms with van der Waals surface area (Å²) in [6, 6.07) is 15.4. The van der Waals surface area contributed by atoms with Gasteiger partial charge in [-0.05, 0) is 36.8 Å². The Kier molecular flexibility index (Phi) is 3.44. The standard InChI is InChI=1S/C17H14FNO2/c1-12(13-5-3-2-4-6-13)19-11-16(21-17(19)20)14-7-9-15(18)10-8-14/h2-12H,1H3. The van der Waals surface area contributed by atoms with Gasteiger partial charge >= 0.3 is 5.76 Å². The molecule has 3 rings (SSSR count). The molecule has 1 atom stereocenters. The van der Waals surface area contributed by atoms with Crippen molar-refractivity contribution in [2.45, 2.75) is 13.0 Å². The summed E-state index contributed by atoms with van der Waals surface area (Å²) >= 11 is 0. The van der Waals surface area contributed by atoms with E-state index in [-0.39, 0.29) is 11.9 Å². The average Bonchev–Trinajstić information content (AvgIpc) is 2.90. The molecule has 2 aromatic carbocycles. The fourth-order valence-corrected chi connectivity index (χ4v) is 2.26. The Labute approximate surface area is 121 Å². The highest BCUT2D eigenvalue weighted by atomic mass is 19.1. The van der Waals surface area contributed by atoms with Crippen molar-refractivity contribution in [3.05, 3.63) is 82.7 Å². The third kappa shape index (κ3) is 2.65. The highest BCUT2D eigenvalue weighted by Gasteiger charge is 2.14. The molecule has 0 amide bonds. The van der Waals surface area contributed by atoms with Crippen LogP contribution >= 0.6 is 0 Å². The third-order valence-corrected chi connectivity index (χ3v) is 3.49. The van der Waals surface area contributed by atoms with Gasteiger partial charge in [-0.15, -0.1) is 0 Å². The summed E-state index contributed by atoms with van der Waals surface area (Å²) in [4.78, 5) is 12.0. The molecule has 0 bridgehead atoms. The van der Waals surface area contributed by atoms with E-state index >= 15 is 0 Å². The van der Waals surface area contributed by atoms with Crippen LogP contribution in [0.5, 0.6) is 0 Å². The average molecular weight is 283 g/mol. The smallest absolute Gasteiger partial charge is 0.408 e. The van der Waals surface area contributed by atoms with Gasteiger partial charge in [0.2, 0.25) is 0 Å². The molecule has 21 heavy (non-hydrogen) atoms. The molecule has 0 aliphatic rings. The minimum Gasteiger partial charge on any atom is -0.408 e. The Morgan fingerprint density at radius 2 is 1.71 bits per heavy atom. The van der Waals surface area contributed by atoms with Crippen molar-refractivity contribution in [3.63, 3.8) is 0 Å². The van der Waals surface area contributed by atoms with Crippen molar-refractivity contribution in [1.29, 1.82) is 0 Å². The summed E-state index contributed by atoms with van der Waals surface area (Å²) in [6.45, 7) is 1.93. The SMILES string of the molecule is CC(c1ccccc1)n1cc(-c2ccc(F)cc2)oc1=O. The van der Waals surface area contributed by atoms with Gasteiger partial charge in [-0.3, -0.25) is 4.57 Å². The largest absolute Gasteiger partial charge is 0.420 e. The lowest BCUT2D eigenvalue weighted by molar-refractivity contribution is 0.473. The fraction of sp³-hybridized carbons (Fsp3) is 0.118. The van der Waals surface area contributed by atoms with Crippen molar-refractivity contribution in [2.75, 3.05) is 0 Å². The van der Waals surface area contributed by atoms with Crippen molar-refractivity contribution < 1.29 is 8.81 Å². The van der Waals surface area contributed by atoms with Crippen molar-refractivity contribution in [1.82, 2.24) is 4.57 Å². The molecular formula is C17H14FNO2. The molecular weight excluding hydrogens is 269 g/mol. The maximum atomic E-state index is 12.9. The van der Waals surface area contributed by atoms with Crippen LogP contribution in [0.3, 0.4) is 0 Å². The molecule has 3 nitrogen and oxygen atoms in total. The molecule has 1 aromatic heterocycles. The first-order valence-corrected chi connectivity index (χ1v) is 6.68. The minimum atomic E-state index is -0.425. The predicted octanol–water partition coefficient (Wildman–Crippen LogP) is 3.86. The van der Waals surface area contributed by atoms with Gasteiger partial charge in [-0.2, -0.15) is 0 Å². The molecule has 0 radical (unpaired) electrons. The third-order valence-electron chi connectivity index (χ3n) is 3.49. The maximum Gasteiger partial charge on any atom is 0.420 e. The zero-order chi connectivity index (χ0) is 14.8. The lowest BCUT2D eigenvalue weighted by Crippen LogP contribution is -2.18.